The van der Waals surface area contributed by atoms with Crippen LogP contribution in [0.4, 0.5) is 5.69 Å². The van der Waals surface area contributed by atoms with Gasteiger partial charge in [-0.25, -0.2) is 0 Å². The molecule has 0 bridgehead atoms. The number of phenols is 1. The van der Waals surface area contributed by atoms with Crippen molar-refractivity contribution >= 4 is 22.5 Å². The van der Waals surface area contributed by atoms with Crippen LogP contribution in [0.3, 0.4) is 0 Å². The number of nitrogens with one attached hydrogen (secondary N) is 2. The number of amides is 1. The zero-order valence-corrected chi connectivity index (χ0v) is 14.4. The Kier molecular flexibility index (Phi) is 3.68. The number of pyridine rings is 1. The van der Waals surface area contributed by atoms with Gasteiger partial charge in [-0.15, -0.1) is 0 Å². The van der Waals surface area contributed by atoms with E-state index in [2.05, 4.69) is 10.3 Å². The Morgan fingerprint density at radius 2 is 1.92 bits per heavy atom. The molecule has 0 aliphatic carbocycles. The number of phenolic OH excluding ortho intramolecular Hbond substituents is 1. The van der Waals surface area contributed by atoms with Crippen molar-refractivity contribution in [3.63, 3.8) is 0 Å². The third-order valence-electron chi connectivity index (χ3n) is 4.86. The summed E-state index contributed by atoms with van der Waals surface area (Å²) in [5.74, 6) is 0.244. The maximum atomic E-state index is 12.7. The van der Waals surface area contributed by atoms with Crippen molar-refractivity contribution in [3.05, 3.63) is 63.4 Å². The number of aromatic hydroxyl groups is 1. The van der Waals surface area contributed by atoms with Crippen LogP contribution in [0.5, 0.6) is 11.5 Å². The molecule has 6 nitrogen and oxygen atoms in total. The van der Waals surface area contributed by atoms with Gasteiger partial charge in [-0.3, -0.25) is 9.59 Å². The van der Waals surface area contributed by atoms with Crippen molar-refractivity contribution in [3.8, 4) is 11.5 Å². The lowest BCUT2D eigenvalue weighted by molar-refractivity contribution is -0.116. The SMILES string of the molecule is COc1ccc2[nH]c(=O)c([C@@H]3CC(=O)Nc4cc(O)c(C)cc43)cc2c1. The Balaban J connectivity index is 1.92. The Morgan fingerprint density at radius 1 is 1.12 bits per heavy atom. The Hall–Kier alpha value is -3.28. The van der Waals surface area contributed by atoms with E-state index in [1.54, 1.807) is 26.2 Å². The van der Waals surface area contributed by atoms with Crippen LogP contribution in [0.25, 0.3) is 10.9 Å². The summed E-state index contributed by atoms with van der Waals surface area (Å²) >= 11 is 0. The van der Waals surface area contributed by atoms with Gasteiger partial charge in [0, 0.05) is 40.6 Å². The number of anilines is 1. The lowest BCUT2D eigenvalue weighted by Crippen LogP contribution is -2.27. The summed E-state index contributed by atoms with van der Waals surface area (Å²) in [6.07, 6.45) is 0.176. The number of aromatic nitrogens is 1. The molecule has 0 unspecified atom stereocenters. The average molecular weight is 350 g/mol. The zero-order valence-electron chi connectivity index (χ0n) is 14.4. The third kappa shape index (κ3) is 2.60. The van der Waals surface area contributed by atoms with Crippen LogP contribution in [0.1, 0.15) is 29.0 Å². The highest BCUT2D eigenvalue weighted by Gasteiger charge is 2.29. The molecule has 0 saturated heterocycles. The number of benzene rings is 2. The number of hydrogen-bond donors (Lipinski definition) is 3. The van der Waals surface area contributed by atoms with Crippen molar-refractivity contribution in [2.24, 2.45) is 0 Å². The summed E-state index contributed by atoms with van der Waals surface area (Å²) in [4.78, 5) is 27.7. The lowest BCUT2D eigenvalue weighted by atomic mass is 9.84. The molecule has 3 aromatic rings. The summed E-state index contributed by atoms with van der Waals surface area (Å²) in [7, 11) is 1.59. The second-order valence-electron chi connectivity index (χ2n) is 6.54. The molecule has 26 heavy (non-hydrogen) atoms. The zero-order chi connectivity index (χ0) is 18.4. The fourth-order valence-electron chi connectivity index (χ4n) is 3.48. The molecule has 0 spiro atoms. The van der Waals surface area contributed by atoms with Gasteiger partial charge in [-0.2, -0.15) is 0 Å². The number of H-pyrrole nitrogens is 1. The highest BCUT2D eigenvalue weighted by molar-refractivity contribution is 5.96. The summed E-state index contributed by atoms with van der Waals surface area (Å²) in [6, 6.07) is 10.6. The van der Waals surface area contributed by atoms with Crippen molar-refractivity contribution in [1.82, 2.24) is 4.98 Å². The van der Waals surface area contributed by atoms with E-state index in [1.807, 2.05) is 18.2 Å². The van der Waals surface area contributed by atoms with Crippen LogP contribution >= 0.6 is 0 Å². The second kappa shape index (κ2) is 5.91. The normalized spacial score (nSPS) is 16.2. The van der Waals surface area contributed by atoms with Gasteiger partial charge in [-0.1, -0.05) is 0 Å². The molecule has 1 aliphatic rings. The minimum Gasteiger partial charge on any atom is -0.508 e. The number of rotatable bonds is 2. The number of hydrogen-bond acceptors (Lipinski definition) is 4. The lowest BCUT2D eigenvalue weighted by Gasteiger charge is -2.26. The van der Waals surface area contributed by atoms with E-state index >= 15 is 0 Å². The number of aromatic amines is 1. The van der Waals surface area contributed by atoms with Crippen LogP contribution in [-0.4, -0.2) is 23.1 Å². The molecule has 1 amide bonds. The van der Waals surface area contributed by atoms with Crippen LogP contribution in [-0.2, 0) is 4.79 Å². The van der Waals surface area contributed by atoms with Crippen LogP contribution in [0, 0.1) is 6.92 Å². The van der Waals surface area contributed by atoms with Crippen molar-refractivity contribution in [2.75, 3.05) is 12.4 Å². The maximum absolute atomic E-state index is 12.7. The van der Waals surface area contributed by atoms with Crippen molar-refractivity contribution in [2.45, 2.75) is 19.3 Å². The highest BCUT2D eigenvalue weighted by atomic mass is 16.5. The van der Waals surface area contributed by atoms with Crippen LogP contribution in [0.15, 0.2) is 41.2 Å². The minimum atomic E-state index is -0.377. The van der Waals surface area contributed by atoms with Crippen molar-refractivity contribution in [1.29, 1.82) is 0 Å². The molecule has 1 aliphatic heterocycles. The molecule has 0 radical (unpaired) electrons. The molecule has 4 rings (SSSR count). The number of carbonyl (C=O) groups excluding carboxylic acids is 1. The molecule has 3 N–H and O–H groups in total. The van der Waals surface area contributed by atoms with Gasteiger partial charge in [0.05, 0.1) is 7.11 Å². The Labute approximate surface area is 149 Å². The predicted molar refractivity (Wildman–Crippen MR) is 99.1 cm³/mol. The van der Waals surface area contributed by atoms with Gasteiger partial charge in [-0.05, 0) is 48.4 Å². The molecule has 1 aromatic heterocycles. The molecular formula is C20H18N2O4. The number of carbonyl (C=O) groups is 1. The van der Waals surface area contributed by atoms with Gasteiger partial charge < -0.3 is 20.1 Å². The molecule has 6 heteroatoms. The molecule has 1 atom stereocenters. The summed E-state index contributed by atoms with van der Waals surface area (Å²) in [5.41, 5.74) is 3.07. The molecule has 0 fully saturated rings. The molecule has 2 aromatic carbocycles. The molecule has 2 heterocycles. The maximum Gasteiger partial charge on any atom is 0.252 e. The van der Waals surface area contributed by atoms with Crippen LogP contribution < -0.4 is 15.6 Å². The largest absolute Gasteiger partial charge is 0.508 e. The van der Waals surface area contributed by atoms with Crippen LogP contribution in [0.2, 0.25) is 0 Å². The number of ether oxygens (including phenoxy) is 1. The summed E-state index contributed by atoms with van der Waals surface area (Å²) in [5, 5.41) is 13.5. The predicted octanol–water partition coefficient (Wildman–Crippen LogP) is 3.02. The van der Waals surface area contributed by atoms with Crippen molar-refractivity contribution < 1.29 is 14.6 Å². The fourth-order valence-corrected chi connectivity index (χ4v) is 3.48. The van der Waals surface area contributed by atoms with E-state index in [4.69, 9.17) is 4.74 Å². The third-order valence-corrected chi connectivity index (χ3v) is 4.86. The fraction of sp³-hybridized carbons (Fsp3) is 0.200. The monoisotopic (exact) mass is 350 g/mol. The van der Waals surface area contributed by atoms with E-state index in [1.165, 1.54) is 6.07 Å². The van der Waals surface area contributed by atoms with Gasteiger partial charge >= 0.3 is 0 Å². The summed E-state index contributed by atoms with van der Waals surface area (Å²) in [6.45, 7) is 1.79. The summed E-state index contributed by atoms with van der Waals surface area (Å²) < 4.78 is 5.26. The van der Waals surface area contributed by atoms with Gasteiger partial charge in [0.2, 0.25) is 5.91 Å². The first kappa shape index (κ1) is 16.2. The van der Waals surface area contributed by atoms with E-state index in [-0.39, 0.29) is 29.6 Å². The number of methoxy groups -OCH3 is 1. The Bertz CT molecular complexity index is 1100. The number of fused-ring (bicyclic) bond motifs is 2. The quantitative estimate of drug-likeness (QED) is 0.662. The smallest absolute Gasteiger partial charge is 0.252 e. The highest BCUT2D eigenvalue weighted by Crippen LogP contribution is 2.39. The topological polar surface area (TPSA) is 91.4 Å². The van der Waals surface area contributed by atoms with Gasteiger partial charge in [0.1, 0.15) is 11.5 Å². The minimum absolute atomic E-state index is 0.113. The first-order valence-electron chi connectivity index (χ1n) is 8.30. The molecule has 0 saturated carbocycles. The van der Waals surface area contributed by atoms with E-state index in [9.17, 15) is 14.7 Å². The van der Waals surface area contributed by atoms with Gasteiger partial charge in [0.25, 0.3) is 5.56 Å². The Morgan fingerprint density at radius 3 is 2.69 bits per heavy atom. The van der Waals surface area contributed by atoms with Gasteiger partial charge in [0.15, 0.2) is 0 Å². The number of aryl methyl sites for hydroxylation is 1. The van der Waals surface area contributed by atoms with E-state index < -0.39 is 0 Å². The standard InChI is InChI=1S/C20H18N2O4/c1-10-5-14-13(8-19(24)21-17(14)9-18(10)23)15-7-11-6-12(26-2)3-4-16(11)22-20(15)25/h3-7,9,13,23H,8H2,1-2H3,(H,21,24)(H,22,25)/t13-/m1/s1. The molecular weight excluding hydrogens is 332 g/mol. The average Bonchev–Trinajstić information content (AvgIpc) is 2.61. The van der Waals surface area contributed by atoms with E-state index in [0.29, 0.717) is 28.1 Å². The first-order valence-corrected chi connectivity index (χ1v) is 8.30. The first-order chi connectivity index (χ1) is 12.5. The molecule has 132 valence electrons. The second-order valence-corrected chi connectivity index (χ2v) is 6.54. The van der Waals surface area contributed by atoms with E-state index in [0.717, 1.165) is 10.9 Å².